The summed E-state index contributed by atoms with van der Waals surface area (Å²) >= 11 is 0. The van der Waals surface area contributed by atoms with Gasteiger partial charge >= 0.3 is 0 Å². The fraction of sp³-hybridized carbons (Fsp3) is 0.240. The number of ether oxygens (including phenoxy) is 3. The zero-order chi connectivity index (χ0) is 20.8. The molecule has 0 aliphatic rings. The van der Waals surface area contributed by atoms with Crippen molar-refractivity contribution in [2.45, 2.75) is 26.0 Å². The Morgan fingerprint density at radius 1 is 0.833 bits per heavy atom. The second-order valence-electron chi connectivity index (χ2n) is 6.96. The van der Waals surface area contributed by atoms with Crippen molar-refractivity contribution in [3.63, 3.8) is 0 Å². The van der Waals surface area contributed by atoms with Crippen molar-refractivity contribution in [2.75, 3.05) is 13.7 Å². The van der Waals surface area contributed by atoms with E-state index in [0.29, 0.717) is 13.2 Å². The lowest BCUT2D eigenvalue weighted by molar-refractivity contribution is 0.184. The molecule has 5 heteroatoms. The van der Waals surface area contributed by atoms with E-state index in [0.717, 1.165) is 40.5 Å². The molecule has 4 aromatic rings. The van der Waals surface area contributed by atoms with Crippen LogP contribution in [0.2, 0.25) is 0 Å². The number of imidazole rings is 1. The van der Waals surface area contributed by atoms with E-state index in [1.807, 2.05) is 72.8 Å². The summed E-state index contributed by atoms with van der Waals surface area (Å²) in [7, 11) is 1.66. The Balaban J connectivity index is 1.56. The van der Waals surface area contributed by atoms with Crippen molar-refractivity contribution in [3.05, 3.63) is 84.7 Å². The highest BCUT2D eigenvalue weighted by Gasteiger charge is 2.20. The number of methoxy groups -OCH3 is 1. The SMILES string of the molecule is CCC(Oc1ccccc1)c1nc2ccccc2n1CCOc1ccc(OC)cc1. The third-order valence-corrected chi connectivity index (χ3v) is 5.01. The van der Waals surface area contributed by atoms with E-state index >= 15 is 0 Å². The summed E-state index contributed by atoms with van der Waals surface area (Å²) in [6, 6.07) is 25.7. The second-order valence-corrected chi connectivity index (χ2v) is 6.96. The molecule has 0 aliphatic heterocycles. The van der Waals surface area contributed by atoms with Crippen molar-refractivity contribution >= 4 is 11.0 Å². The van der Waals surface area contributed by atoms with Crippen molar-refractivity contribution < 1.29 is 14.2 Å². The maximum absolute atomic E-state index is 6.27. The molecule has 0 aliphatic carbocycles. The molecule has 0 saturated heterocycles. The molecule has 30 heavy (non-hydrogen) atoms. The minimum atomic E-state index is -0.138. The van der Waals surface area contributed by atoms with Gasteiger partial charge in [0.2, 0.25) is 0 Å². The minimum absolute atomic E-state index is 0.138. The zero-order valence-electron chi connectivity index (χ0n) is 17.3. The quantitative estimate of drug-likeness (QED) is 0.363. The van der Waals surface area contributed by atoms with E-state index in [4.69, 9.17) is 19.2 Å². The van der Waals surface area contributed by atoms with Gasteiger partial charge in [-0.3, -0.25) is 0 Å². The number of para-hydroxylation sites is 3. The Labute approximate surface area is 176 Å². The summed E-state index contributed by atoms with van der Waals surface area (Å²) in [4.78, 5) is 4.89. The number of hydrogen-bond donors (Lipinski definition) is 0. The van der Waals surface area contributed by atoms with Crippen LogP contribution in [0.5, 0.6) is 17.2 Å². The first kappa shape index (κ1) is 19.8. The summed E-state index contributed by atoms with van der Waals surface area (Å²) in [5.41, 5.74) is 2.05. The standard InChI is InChI=1S/C25H26N2O3/c1-3-24(30-21-9-5-4-6-10-21)25-26-22-11-7-8-12-23(22)27(25)17-18-29-20-15-13-19(28-2)14-16-20/h4-16,24H,3,17-18H2,1-2H3. The van der Waals surface area contributed by atoms with Gasteiger partial charge in [0.05, 0.1) is 24.7 Å². The Bertz CT molecular complexity index is 1070. The van der Waals surface area contributed by atoms with Gasteiger partial charge in [0.15, 0.2) is 11.9 Å². The number of aromatic nitrogens is 2. The van der Waals surface area contributed by atoms with Crippen molar-refractivity contribution in [2.24, 2.45) is 0 Å². The van der Waals surface area contributed by atoms with Crippen LogP contribution in [0.1, 0.15) is 25.3 Å². The topological polar surface area (TPSA) is 45.5 Å². The molecule has 1 unspecified atom stereocenters. The molecule has 0 fully saturated rings. The van der Waals surface area contributed by atoms with Gasteiger partial charge in [-0.25, -0.2) is 4.98 Å². The van der Waals surface area contributed by atoms with Crippen LogP contribution in [-0.4, -0.2) is 23.3 Å². The fourth-order valence-electron chi connectivity index (χ4n) is 3.48. The molecule has 0 bridgehead atoms. The van der Waals surface area contributed by atoms with Gasteiger partial charge in [-0.05, 0) is 55.0 Å². The Hall–Kier alpha value is -3.47. The van der Waals surface area contributed by atoms with Crippen LogP contribution in [0.15, 0.2) is 78.9 Å². The number of rotatable bonds is 9. The maximum atomic E-state index is 6.27. The smallest absolute Gasteiger partial charge is 0.156 e. The van der Waals surface area contributed by atoms with E-state index in [-0.39, 0.29) is 6.10 Å². The van der Waals surface area contributed by atoms with E-state index in [1.165, 1.54) is 0 Å². The monoisotopic (exact) mass is 402 g/mol. The molecular weight excluding hydrogens is 376 g/mol. The first-order chi connectivity index (χ1) is 14.8. The molecule has 1 heterocycles. The molecule has 5 nitrogen and oxygen atoms in total. The molecule has 1 atom stereocenters. The molecule has 0 spiro atoms. The van der Waals surface area contributed by atoms with Crippen LogP contribution in [0.3, 0.4) is 0 Å². The van der Waals surface area contributed by atoms with Gasteiger partial charge in [0.25, 0.3) is 0 Å². The van der Waals surface area contributed by atoms with Crippen molar-refractivity contribution in [1.29, 1.82) is 0 Å². The van der Waals surface area contributed by atoms with E-state index in [9.17, 15) is 0 Å². The maximum Gasteiger partial charge on any atom is 0.156 e. The minimum Gasteiger partial charge on any atom is -0.497 e. The van der Waals surface area contributed by atoms with Crippen LogP contribution in [-0.2, 0) is 6.54 Å². The number of benzene rings is 3. The van der Waals surface area contributed by atoms with Crippen LogP contribution >= 0.6 is 0 Å². The van der Waals surface area contributed by atoms with Gasteiger partial charge in [0, 0.05) is 0 Å². The fourth-order valence-corrected chi connectivity index (χ4v) is 3.48. The molecular formula is C25H26N2O3. The normalized spacial score (nSPS) is 11.9. The van der Waals surface area contributed by atoms with Crippen LogP contribution < -0.4 is 14.2 Å². The van der Waals surface area contributed by atoms with E-state index in [2.05, 4.69) is 17.6 Å². The summed E-state index contributed by atoms with van der Waals surface area (Å²) in [5, 5.41) is 0. The van der Waals surface area contributed by atoms with Crippen LogP contribution in [0, 0.1) is 0 Å². The van der Waals surface area contributed by atoms with Gasteiger partial charge < -0.3 is 18.8 Å². The van der Waals surface area contributed by atoms with Gasteiger partial charge in [0.1, 0.15) is 23.9 Å². The Morgan fingerprint density at radius 3 is 2.27 bits per heavy atom. The molecule has 4 rings (SSSR count). The predicted molar refractivity (Wildman–Crippen MR) is 118 cm³/mol. The largest absolute Gasteiger partial charge is 0.497 e. The number of nitrogens with zero attached hydrogens (tertiary/aromatic N) is 2. The average Bonchev–Trinajstić information content (AvgIpc) is 3.17. The molecule has 1 aromatic heterocycles. The Morgan fingerprint density at radius 2 is 1.53 bits per heavy atom. The van der Waals surface area contributed by atoms with Crippen LogP contribution in [0.4, 0.5) is 0 Å². The van der Waals surface area contributed by atoms with Gasteiger partial charge in [-0.1, -0.05) is 37.3 Å². The Kier molecular flexibility index (Phi) is 6.18. The zero-order valence-corrected chi connectivity index (χ0v) is 17.3. The second kappa shape index (κ2) is 9.35. The molecule has 154 valence electrons. The van der Waals surface area contributed by atoms with E-state index in [1.54, 1.807) is 7.11 Å². The summed E-state index contributed by atoms with van der Waals surface area (Å²) in [6.07, 6.45) is 0.679. The molecule has 3 aromatic carbocycles. The molecule has 0 radical (unpaired) electrons. The highest BCUT2D eigenvalue weighted by Crippen LogP contribution is 2.27. The molecule has 0 saturated carbocycles. The van der Waals surface area contributed by atoms with Crippen molar-refractivity contribution in [3.8, 4) is 17.2 Å². The number of fused-ring (bicyclic) bond motifs is 1. The van der Waals surface area contributed by atoms with E-state index < -0.39 is 0 Å². The van der Waals surface area contributed by atoms with Gasteiger partial charge in [-0.2, -0.15) is 0 Å². The molecule has 0 N–H and O–H groups in total. The third-order valence-electron chi connectivity index (χ3n) is 5.01. The summed E-state index contributed by atoms with van der Waals surface area (Å²) in [5.74, 6) is 3.39. The first-order valence-corrected chi connectivity index (χ1v) is 10.2. The molecule has 0 amide bonds. The summed E-state index contributed by atoms with van der Waals surface area (Å²) in [6.45, 7) is 3.32. The predicted octanol–water partition coefficient (Wildman–Crippen LogP) is 5.65. The lowest BCUT2D eigenvalue weighted by Gasteiger charge is -2.19. The average molecular weight is 402 g/mol. The third kappa shape index (κ3) is 4.40. The lowest BCUT2D eigenvalue weighted by Crippen LogP contribution is -2.17. The highest BCUT2D eigenvalue weighted by atomic mass is 16.5. The van der Waals surface area contributed by atoms with Crippen molar-refractivity contribution in [1.82, 2.24) is 9.55 Å². The number of hydrogen-bond acceptors (Lipinski definition) is 4. The van der Waals surface area contributed by atoms with Gasteiger partial charge in [-0.15, -0.1) is 0 Å². The highest BCUT2D eigenvalue weighted by molar-refractivity contribution is 5.76. The lowest BCUT2D eigenvalue weighted by atomic mass is 10.2. The first-order valence-electron chi connectivity index (χ1n) is 10.2. The van der Waals surface area contributed by atoms with Crippen LogP contribution in [0.25, 0.3) is 11.0 Å². The summed E-state index contributed by atoms with van der Waals surface area (Å²) < 4.78 is 19.6.